The number of methoxy groups -OCH3 is 1. The SMILES string of the molecule is CCOCCNc1cccc(OC)n1. The van der Waals surface area contributed by atoms with E-state index >= 15 is 0 Å². The molecular formula is C10H16N2O2. The van der Waals surface area contributed by atoms with E-state index in [1.807, 2.05) is 25.1 Å². The summed E-state index contributed by atoms with van der Waals surface area (Å²) < 4.78 is 10.2. The Kier molecular flexibility index (Phi) is 4.78. The molecule has 1 rings (SSSR count). The van der Waals surface area contributed by atoms with Crippen LogP contribution in [0.5, 0.6) is 5.88 Å². The first-order valence-corrected chi connectivity index (χ1v) is 4.69. The van der Waals surface area contributed by atoms with Crippen molar-refractivity contribution in [1.82, 2.24) is 4.98 Å². The van der Waals surface area contributed by atoms with Gasteiger partial charge in [-0.15, -0.1) is 0 Å². The maximum Gasteiger partial charge on any atom is 0.214 e. The molecule has 0 aliphatic rings. The standard InChI is InChI=1S/C10H16N2O2/c1-3-14-8-7-11-9-5-4-6-10(12-9)13-2/h4-6H,3,7-8H2,1-2H3,(H,11,12). The van der Waals surface area contributed by atoms with Crippen LogP contribution in [-0.4, -0.2) is 31.9 Å². The normalized spacial score (nSPS) is 9.86. The molecule has 0 spiro atoms. The Hall–Kier alpha value is -1.29. The highest BCUT2D eigenvalue weighted by molar-refractivity contribution is 5.36. The van der Waals surface area contributed by atoms with E-state index in [0.717, 1.165) is 19.0 Å². The van der Waals surface area contributed by atoms with Crippen LogP contribution in [0.4, 0.5) is 5.82 Å². The predicted molar refractivity (Wildman–Crippen MR) is 55.8 cm³/mol. The van der Waals surface area contributed by atoms with Crippen LogP contribution in [0.15, 0.2) is 18.2 Å². The topological polar surface area (TPSA) is 43.4 Å². The molecule has 14 heavy (non-hydrogen) atoms. The highest BCUT2D eigenvalue weighted by atomic mass is 16.5. The number of nitrogens with one attached hydrogen (secondary N) is 1. The molecule has 0 aliphatic heterocycles. The lowest BCUT2D eigenvalue weighted by Crippen LogP contribution is -2.10. The lowest BCUT2D eigenvalue weighted by Gasteiger charge is -2.06. The summed E-state index contributed by atoms with van der Waals surface area (Å²) in [6.45, 7) is 4.17. The molecule has 0 saturated carbocycles. The molecule has 1 N–H and O–H groups in total. The molecule has 0 unspecified atom stereocenters. The van der Waals surface area contributed by atoms with E-state index < -0.39 is 0 Å². The van der Waals surface area contributed by atoms with Gasteiger partial charge in [0.2, 0.25) is 5.88 Å². The molecule has 0 aromatic carbocycles. The molecule has 1 aromatic rings. The number of pyridine rings is 1. The van der Waals surface area contributed by atoms with Gasteiger partial charge < -0.3 is 14.8 Å². The Morgan fingerprint density at radius 1 is 1.43 bits per heavy atom. The van der Waals surface area contributed by atoms with Gasteiger partial charge in [0.25, 0.3) is 0 Å². The predicted octanol–water partition coefficient (Wildman–Crippen LogP) is 1.54. The minimum atomic E-state index is 0.617. The Morgan fingerprint density at radius 3 is 3.00 bits per heavy atom. The Balaban J connectivity index is 2.34. The minimum Gasteiger partial charge on any atom is -0.481 e. The molecule has 1 aromatic heterocycles. The van der Waals surface area contributed by atoms with Gasteiger partial charge in [0.15, 0.2) is 0 Å². The lowest BCUT2D eigenvalue weighted by atomic mass is 10.4. The molecule has 1 heterocycles. The van der Waals surface area contributed by atoms with Crippen LogP contribution in [-0.2, 0) is 4.74 Å². The fraction of sp³-hybridized carbons (Fsp3) is 0.500. The quantitative estimate of drug-likeness (QED) is 0.701. The molecule has 0 fully saturated rings. The van der Waals surface area contributed by atoms with Gasteiger partial charge in [0.1, 0.15) is 5.82 Å². The molecule has 0 amide bonds. The molecule has 0 radical (unpaired) electrons. The molecule has 0 atom stereocenters. The fourth-order valence-electron chi connectivity index (χ4n) is 1.02. The highest BCUT2D eigenvalue weighted by Gasteiger charge is 1.95. The number of hydrogen-bond donors (Lipinski definition) is 1. The van der Waals surface area contributed by atoms with Crippen molar-refractivity contribution in [2.45, 2.75) is 6.92 Å². The number of anilines is 1. The zero-order valence-electron chi connectivity index (χ0n) is 8.62. The van der Waals surface area contributed by atoms with Crippen molar-refractivity contribution < 1.29 is 9.47 Å². The highest BCUT2D eigenvalue weighted by Crippen LogP contribution is 2.09. The zero-order valence-corrected chi connectivity index (χ0v) is 8.62. The van der Waals surface area contributed by atoms with Crippen molar-refractivity contribution in [1.29, 1.82) is 0 Å². The third kappa shape index (κ3) is 3.62. The number of aromatic nitrogens is 1. The van der Waals surface area contributed by atoms with E-state index in [9.17, 15) is 0 Å². The van der Waals surface area contributed by atoms with E-state index in [1.165, 1.54) is 0 Å². The van der Waals surface area contributed by atoms with E-state index in [2.05, 4.69) is 10.3 Å². The van der Waals surface area contributed by atoms with E-state index in [4.69, 9.17) is 9.47 Å². The summed E-state index contributed by atoms with van der Waals surface area (Å²) in [6, 6.07) is 5.61. The van der Waals surface area contributed by atoms with Gasteiger partial charge >= 0.3 is 0 Å². The average Bonchev–Trinajstić information content (AvgIpc) is 2.25. The number of nitrogens with zero attached hydrogens (tertiary/aromatic N) is 1. The third-order valence-corrected chi connectivity index (χ3v) is 1.69. The molecule has 4 nitrogen and oxygen atoms in total. The summed E-state index contributed by atoms with van der Waals surface area (Å²) in [5.41, 5.74) is 0. The smallest absolute Gasteiger partial charge is 0.214 e. The van der Waals surface area contributed by atoms with E-state index in [1.54, 1.807) is 7.11 Å². The van der Waals surface area contributed by atoms with Crippen LogP contribution < -0.4 is 10.1 Å². The lowest BCUT2D eigenvalue weighted by molar-refractivity contribution is 0.158. The molecule has 4 heteroatoms. The van der Waals surface area contributed by atoms with Crippen LogP contribution in [0.2, 0.25) is 0 Å². The van der Waals surface area contributed by atoms with Crippen molar-refractivity contribution in [3.05, 3.63) is 18.2 Å². The van der Waals surface area contributed by atoms with Crippen molar-refractivity contribution in [2.75, 3.05) is 32.2 Å². The summed E-state index contributed by atoms with van der Waals surface area (Å²) in [6.07, 6.45) is 0. The van der Waals surface area contributed by atoms with Crippen LogP contribution in [0, 0.1) is 0 Å². The summed E-state index contributed by atoms with van der Waals surface area (Å²) in [5.74, 6) is 1.43. The van der Waals surface area contributed by atoms with Gasteiger partial charge in [-0.2, -0.15) is 4.98 Å². The maximum atomic E-state index is 5.19. The summed E-state index contributed by atoms with van der Waals surface area (Å²) >= 11 is 0. The maximum absolute atomic E-state index is 5.19. The second kappa shape index (κ2) is 6.21. The van der Waals surface area contributed by atoms with Crippen molar-refractivity contribution in [3.63, 3.8) is 0 Å². The zero-order chi connectivity index (χ0) is 10.2. The number of hydrogen-bond acceptors (Lipinski definition) is 4. The molecule has 0 bridgehead atoms. The van der Waals surface area contributed by atoms with Gasteiger partial charge in [0, 0.05) is 19.2 Å². The third-order valence-electron chi connectivity index (χ3n) is 1.69. The summed E-state index contributed by atoms with van der Waals surface area (Å²) in [7, 11) is 1.60. The molecule has 78 valence electrons. The van der Waals surface area contributed by atoms with E-state index in [-0.39, 0.29) is 0 Å². The van der Waals surface area contributed by atoms with Crippen LogP contribution in [0.1, 0.15) is 6.92 Å². The van der Waals surface area contributed by atoms with Crippen molar-refractivity contribution in [3.8, 4) is 5.88 Å². The van der Waals surface area contributed by atoms with Crippen LogP contribution >= 0.6 is 0 Å². The molecule has 0 saturated heterocycles. The molecular weight excluding hydrogens is 180 g/mol. The first-order chi connectivity index (χ1) is 6.86. The molecule has 0 aliphatic carbocycles. The monoisotopic (exact) mass is 196 g/mol. The first-order valence-electron chi connectivity index (χ1n) is 4.69. The van der Waals surface area contributed by atoms with Crippen LogP contribution in [0.3, 0.4) is 0 Å². The van der Waals surface area contributed by atoms with E-state index in [0.29, 0.717) is 12.5 Å². The van der Waals surface area contributed by atoms with Gasteiger partial charge in [0.05, 0.1) is 13.7 Å². The van der Waals surface area contributed by atoms with Gasteiger partial charge in [-0.1, -0.05) is 6.07 Å². The van der Waals surface area contributed by atoms with Crippen molar-refractivity contribution >= 4 is 5.82 Å². The fourth-order valence-corrected chi connectivity index (χ4v) is 1.02. The first kappa shape index (κ1) is 10.8. The summed E-state index contributed by atoms with van der Waals surface area (Å²) in [4.78, 5) is 4.20. The second-order valence-corrected chi connectivity index (χ2v) is 2.69. The van der Waals surface area contributed by atoms with Gasteiger partial charge in [-0.05, 0) is 13.0 Å². The minimum absolute atomic E-state index is 0.617. The van der Waals surface area contributed by atoms with Gasteiger partial charge in [-0.3, -0.25) is 0 Å². The average molecular weight is 196 g/mol. The Labute approximate surface area is 84.3 Å². The van der Waals surface area contributed by atoms with Crippen LogP contribution in [0.25, 0.3) is 0 Å². The van der Waals surface area contributed by atoms with Gasteiger partial charge in [-0.25, -0.2) is 0 Å². The Morgan fingerprint density at radius 2 is 2.29 bits per heavy atom. The largest absolute Gasteiger partial charge is 0.481 e. The number of ether oxygens (including phenoxy) is 2. The number of rotatable bonds is 6. The second-order valence-electron chi connectivity index (χ2n) is 2.69. The summed E-state index contributed by atoms with van der Waals surface area (Å²) in [5, 5.41) is 3.14. The van der Waals surface area contributed by atoms with Crippen molar-refractivity contribution in [2.24, 2.45) is 0 Å². The Bertz CT molecular complexity index is 266.